The highest BCUT2D eigenvalue weighted by molar-refractivity contribution is 6.22. The fourth-order valence-electron chi connectivity index (χ4n) is 4.54. The number of carbonyl (C=O) groups is 2. The third-order valence-electron chi connectivity index (χ3n) is 6.11. The molecule has 7 heteroatoms. The summed E-state index contributed by atoms with van der Waals surface area (Å²) in [6.07, 6.45) is 1.03. The number of fused-ring (bicyclic) bond motifs is 3. The molecule has 1 aromatic heterocycles. The van der Waals surface area contributed by atoms with E-state index < -0.39 is 6.04 Å². The second-order valence-corrected chi connectivity index (χ2v) is 7.70. The second kappa shape index (κ2) is 7.18. The summed E-state index contributed by atoms with van der Waals surface area (Å²) in [5, 5.41) is 1.16. The minimum absolute atomic E-state index is 0.161. The number of methoxy groups -OCH3 is 2. The maximum absolute atomic E-state index is 13.1. The van der Waals surface area contributed by atoms with Gasteiger partial charge in [0.25, 0.3) is 5.91 Å². The van der Waals surface area contributed by atoms with Crippen LogP contribution in [-0.2, 0) is 22.6 Å². The van der Waals surface area contributed by atoms with Gasteiger partial charge in [-0.1, -0.05) is 0 Å². The maximum Gasteiger partial charge on any atom is 0.251 e. The molecule has 0 radical (unpaired) electrons. The molecule has 3 heterocycles. The molecule has 2 amide bonds. The number of anilines is 1. The Morgan fingerprint density at radius 1 is 1.00 bits per heavy atom. The Morgan fingerprint density at radius 2 is 1.73 bits per heavy atom. The van der Waals surface area contributed by atoms with E-state index in [0.717, 1.165) is 35.3 Å². The van der Waals surface area contributed by atoms with Crippen molar-refractivity contribution in [1.82, 2.24) is 9.88 Å². The lowest BCUT2D eigenvalue weighted by molar-refractivity contribution is -0.123. The van der Waals surface area contributed by atoms with E-state index in [4.69, 9.17) is 9.47 Å². The number of benzene rings is 2. The summed E-state index contributed by atoms with van der Waals surface area (Å²) in [5.74, 6) is 1.19. The van der Waals surface area contributed by atoms with Crippen LogP contribution in [-0.4, -0.2) is 48.5 Å². The van der Waals surface area contributed by atoms with E-state index in [1.807, 2.05) is 12.1 Å². The number of rotatable bonds is 4. The van der Waals surface area contributed by atoms with Crippen LogP contribution in [0.5, 0.6) is 11.5 Å². The Hall–Kier alpha value is -3.32. The molecule has 0 unspecified atom stereocenters. The van der Waals surface area contributed by atoms with Gasteiger partial charge in [0.15, 0.2) is 0 Å². The van der Waals surface area contributed by atoms with Gasteiger partial charge in [-0.05, 0) is 54.4 Å². The topological polar surface area (TPSA) is 74.9 Å². The quantitative estimate of drug-likeness (QED) is 0.676. The number of aromatic amines is 1. The molecule has 1 saturated heterocycles. The molecule has 5 rings (SSSR count). The summed E-state index contributed by atoms with van der Waals surface area (Å²) in [4.78, 5) is 32.7. The maximum atomic E-state index is 13.1. The van der Waals surface area contributed by atoms with Gasteiger partial charge < -0.3 is 14.5 Å². The van der Waals surface area contributed by atoms with Crippen LogP contribution in [0.25, 0.3) is 10.9 Å². The molecular weight excluding hydrogens is 382 g/mol. The molecule has 2 aliphatic heterocycles. The van der Waals surface area contributed by atoms with E-state index >= 15 is 0 Å². The van der Waals surface area contributed by atoms with Gasteiger partial charge in [-0.25, -0.2) is 4.90 Å². The monoisotopic (exact) mass is 405 g/mol. The Bertz CT molecular complexity index is 1140. The molecule has 2 aliphatic rings. The first-order valence-corrected chi connectivity index (χ1v) is 10.0. The summed E-state index contributed by atoms with van der Waals surface area (Å²) in [7, 11) is 3.25. The number of imide groups is 1. The van der Waals surface area contributed by atoms with Crippen molar-refractivity contribution in [3.63, 3.8) is 0 Å². The van der Waals surface area contributed by atoms with Gasteiger partial charge in [0.05, 0.1) is 32.4 Å². The van der Waals surface area contributed by atoms with Gasteiger partial charge in [0, 0.05) is 29.7 Å². The highest BCUT2D eigenvalue weighted by Gasteiger charge is 2.43. The van der Waals surface area contributed by atoms with Crippen molar-refractivity contribution in [1.29, 1.82) is 0 Å². The minimum Gasteiger partial charge on any atom is -0.497 e. The summed E-state index contributed by atoms with van der Waals surface area (Å²) in [6.45, 7) is 1.35. The predicted octanol–water partition coefficient (Wildman–Crippen LogP) is 2.88. The third-order valence-corrected chi connectivity index (χ3v) is 6.11. The Balaban J connectivity index is 1.39. The molecule has 0 bridgehead atoms. The fourth-order valence-corrected chi connectivity index (χ4v) is 4.54. The Kier molecular flexibility index (Phi) is 4.47. The van der Waals surface area contributed by atoms with Gasteiger partial charge in [0.1, 0.15) is 11.5 Å². The first-order valence-electron chi connectivity index (χ1n) is 10.0. The van der Waals surface area contributed by atoms with Gasteiger partial charge >= 0.3 is 0 Å². The lowest BCUT2D eigenvalue weighted by Gasteiger charge is -2.30. The Morgan fingerprint density at radius 3 is 2.47 bits per heavy atom. The molecule has 3 aromatic rings. The minimum atomic E-state index is -0.436. The van der Waals surface area contributed by atoms with E-state index in [2.05, 4.69) is 16.0 Å². The molecule has 7 nitrogen and oxygen atoms in total. The van der Waals surface area contributed by atoms with Crippen molar-refractivity contribution in [3.05, 3.63) is 53.7 Å². The highest BCUT2D eigenvalue weighted by Crippen LogP contribution is 2.33. The molecule has 0 spiro atoms. The Labute approximate surface area is 174 Å². The van der Waals surface area contributed by atoms with E-state index in [1.165, 1.54) is 10.5 Å². The lowest BCUT2D eigenvalue weighted by atomic mass is 10.0. The van der Waals surface area contributed by atoms with Crippen molar-refractivity contribution in [2.45, 2.75) is 25.4 Å². The SMILES string of the molecule is COc1ccc(N2C(=O)C[C@@H](N3CCc4c([nH]c5ccc(OC)cc45)C3)C2=O)cc1. The van der Waals surface area contributed by atoms with Crippen LogP contribution in [0.1, 0.15) is 17.7 Å². The number of H-pyrrole nitrogens is 1. The molecule has 2 aromatic carbocycles. The number of carbonyl (C=O) groups excluding carboxylic acids is 2. The van der Waals surface area contributed by atoms with Gasteiger partial charge in [-0.3, -0.25) is 14.5 Å². The summed E-state index contributed by atoms with van der Waals surface area (Å²) in [5.41, 5.74) is 4.02. The third kappa shape index (κ3) is 2.93. The van der Waals surface area contributed by atoms with Crippen molar-refractivity contribution in [3.8, 4) is 11.5 Å². The molecule has 1 atom stereocenters. The van der Waals surface area contributed by atoms with E-state index in [9.17, 15) is 9.59 Å². The van der Waals surface area contributed by atoms with Crippen molar-refractivity contribution in [2.75, 3.05) is 25.7 Å². The van der Waals surface area contributed by atoms with Crippen LogP contribution < -0.4 is 14.4 Å². The van der Waals surface area contributed by atoms with Gasteiger partial charge in [-0.15, -0.1) is 0 Å². The molecule has 30 heavy (non-hydrogen) atoms. The van der Waals surface area contributed by atoms with Crippen molar-refractivity contribution in [2.24, 2.45) is 0 Å². The lowest BCUT2D eigenvalue weighted by Crippen LogP contribution is -2.44. The van der Waals surface area contributed by atoms with Crippen LogP contribution >= 0.6 is 0 Å². The van der Waals surface area contributed by atoms with E-state index in [1.54, 1.807) is 38.5 Å². The molecule has 0 saturated carbocycles. The first kappa shape index (κ1) is 18.7. The smallest absolute Gasteiger partial charge is 0.251 e. The van der Waals surface area contributed by atoms with Gasteiger partial charge in [0.2, 0.25) is 5.91 Å². The molecule has 1 N–H and O–H groups in total. The van der Waals surface area contributed by atoms with Crippen LogP contribution in [0.2, 0.25) is 0 Å². The fraction of sp³-hybridized carbons (Fsp3) is 0.304. The number of nitrogens with one attached hydrogen (secondary N) is 1. The largest absolute Gasteiger partial charge is 0.497 e. The number of amides is 2. The van der Waals surface area contributed by atoms with Crippen LogP contribution in [0, 0.1) is 0 Å². The summed E-state index contributed by atoms with van der Waals surface area (Å²) < 4.78 is 10.5. The standard InChI is InChI=1S/C23H23N3O4/c1-29-15-5-3-14(4-6-15)26-22(27)12-21(23(26)28)25-10-9-17-18-11-16(30-2)7-8-19(18)24-20(17)13-25/h3-8,11,21,24H,9-10,12-13H2,1-2H3/t21-/m1/s1. The summed E-state index contributed by atoms with van der Waals surface area (Å²) >= 11 is 0. The average molecular weight is 405 g/mol. The van der Waals surface area contributed by atoms with E-state index in [0.29, 0.717) is 18.0 Å². The van der Waals surface area contributed by atoms with Crippen LogP contribution in [0.15, 0.2) is 42.5 Å². The number of nitrogens with zero attached hydrogens (tertiary/aromatic N) is 2. The first-order chi connectivity index (χ1) is 14.6. The predicted molar refractivity (Wildman–Crippen MR) is 113 cm³/mol. The number of ether oxygens (including phenoxy) is 2. The molecule has 0 aliphatic carbocycles. The second-order valence-electron chi connectivity index (χ2n) is 7.70. The summed E-state index contributed by atoms with van der Waals surface area (Å²) in [6, 6.07) is 12.6. The van der Waals surface area contributed by atoms with E-state index in [-0.39, 0.29) is 18.2 Å². The molecule has 154 valence electrons. The van der Waals surface area contributed by atoms with Crippen LogP contribution in [0.4, 0.5) is 5.69 Å². The van der Waals surface area contributed by atoms with Gasteiger partial charge in [-0.2, -0.15) is 0 Å². The number of hydrogen-bond donors (Lipinski definition) is 1. The highest BCUT2D eigenvalue weighted by atomic mass is 16.5. The zero-order chi connectivity index (χ0) is 20.8. The average Bonchev–Trinajstić information content (AvgIpc) is 3.29. The normalized spacial score (nSPS) is 19.4. The molecule has 1 fully saturated rings. The van der Waals surface area contributed by atoms with Crippen LogP contribution in [0.3, 0.4) is 0 Å². The van der Waals surface area contributed by atoms with Crippen molar-refractivity contribution >= 4 is 28.4 Å². The molecular formula is C23H23N3O4. The van der Waals surface area contributed by atoms with Crippen molar-refractivity contribution < 1.29 is 19.1 Å². The zero-order valence-corrected chi connectivity index (χ0v) is 17.0. The number of aromatic nitrogens is 1. The number of hydrogen-bond acceptors (Lipinski definition) is 5. The zero-order valence-electron chi connectivity index (χ0n) is 17.0.